The topological polar surface area (TPSA) is 12.9 Å². The molecule has 0 N–H and O–H groups in total. The van der Waals surface area contributed by atoms with Crippen molar-refractivity contribution in [1.29, 1.82) is 0 Å². The van der Waals surface area contributed by atoms with Crippen LogP contribution >= 0.6 is 0 Å². The quantitative estimate of drug-likeness (QED) is 0.745. The smallest absolute Gasteiger partial charge is 0.0349 e. The number of aromatic nitrogens is 1. The van der Waals surface area contributed by atoms with Gasteiger partial charge in [0, 0.05) is 17.8 Å². The monoisotopic (exact) mass is 227 g/mol. The predicted octanol–water partition coefficient (Wildman–Crippen LogP) is 4.62. The van der Waals surface area contributed by atoms with Gasteiger partial charge < -0.3 is 0 Å². The van der Waals surface area contributed by atoms with Crippen LogP contribution in [0.3, 0.4) is 0 Å². The maximum atomic E-state index is 4.24. The third kappa shape index (κ3) is 2.19. The lowest BCUT2D eigenvalue weighted by molar-refractivity contribution is 0.471. The molecule has 0 amide bonds. The van der Waals surface area contributed by atoms with Crippen LogP contribution in [0.2, 0.25) is 0 Å². The standard InChI is InChI=1S/C16H21N/c1-5-9-16(3,4)15-7-6-13-8-10-17-11-14(13)12(15)2/h6-8,10-11H,5,9H2,1-4H3. The Bertz CT molecular complexity index is 526. The van der Waals surface area contributed by atoms with E-state index in [-0.39, 0.29) is 5.41 Å². The number of aryl methyl sites for hydroxylation is 1. The SMILES string of the molecule is CCCC(C)(C)c1ccc2ccncc2c1C. The summed E-state index contributed by atoms with van der Waals surface area (Å²) < 4.78 is 0. The summed E-state index contributed by atoms with van der Waals surface area (Å²) in [5.74, 6) is 0. The molecule has 17 heavy (non-hydrogen) atoms. The molecule has 0 bridgehead atoms. The molecule has 0 saturated carbocycles. The summed E-state index contributed by atoms with van der Waals surface area (Å²) in [5, 5.41) is 2.57. The van der Waals surface area contributed by atoms with Crippen molar-refractivity contribution < 1.29 is 0 Å². The number of nitrogens with zero attached hydrogens (tertiary/aromatic N) is 1. The van der Waals surface area contributed by atoms with Gasteiger partial charge in [-0.15, -0.1) is 0 Å². The van der Waals surface area contributed by atoms with E-state index in [1.165, 1.54) is 34.7 Å². The van der Waals surface area contributed by atoms with Crippen molar-refractivity contribution in [2.24, 2.45) is 0 Å². The van der Waals surface area contributed by atoms with Crippen LogP contribution in [0.15, 0.2) is 30.6 Å². The van der Waals surface area contributed by atoms with E-state index < -0.39 is 0 Å². The van der Waals surface area contributed by atoms with Crippen LogP contribution < -0.4 is 0 Å². The lowest BCUT2D eigenvalue weighted by Gasteiger charge is -2.27. The molecule has 2 aromatic rings. The molecule has 0 aliphatic carbocycles. The molecular formula is C16H21N. The maximum Gasteiger partial charge on any atom is 0.0349 e. The molecule has 0 aliphatic heterocycles. The molecule has 0 radical (unpaired) electrons. The third-order valence-electron chi connectivity index (χ3n) is 3.70. The number of fused-ring (bicyclic) bond motifs is 1. The summed E-state index contributed by atoms with van der Waals surface area (Å²) in [5.41, 5.74) is 3.09. The van der Waals surface area contributed by atoms with Crippen LogP contribution in [0.1, 0.15) is 44.7 Å². The Morgan fingerprint density at radius 1 is 1.18 bits per heavy atom. The minimum atomic E-state index is 0.253. The molecule has 0 aliphatic rings. The fraction of sp³-hybridized carbons (Fsp3) is 0.438. The zero-order valence-corrected chi connectivity index (χ0v) is 11.2. The van der Waals surface area contributed by atoms with Gasteiger partial charge in [0.05, 0.1) is 0 Å². The Morgan fingerprint density at radius 3 is 2.65 bits per heavy atom. The van der Waals surface area contributed by atoms with Crippen molar-refractivity contribution in [2.75, 3.05) is 0 Å². The summed E-state index contributed by atoms with van der Waals surface area (Å²) in [6.07, 6.45) is 6.28. The van der Waals surface area contributed by atoms with Crippen LogP contribution in [-0.4, -0.2) is 4.98 Å². The molecule has 1 aromatic carbocycles. The molecule has 90 valence electrons. The molecule has 0 spiro atoms. The highest BCUT2D eigenvalue weighted by molar-refractivity contribution is 5.85. The van der Waals surface area contributed by atoms with Gasteiger partial charge in [-0.2, -0.15) is 0 Å². The Labute approximate surface area is 104 Å². The molecule has 1 nitrogen and oxygen atoms in total. The fourth-order valence-electron chi connectivity index (χ4n) is 2.80. The highest BCUT2D eigenvalue weighted by Gasteiger charge is 2.22. The summed E-state index contributed by atoms with van der Waals surface area (Å²) in [6, 6.07) is 6.59. The van der Waals surface area contributed by atoms with Crippen molar-refractivity contribution in [2.45, 2.75) is 46.0 Å². The second kappa shape index (κ2) is 4.48. The maximum absolute atomic E-state index is 4.24. The Morgan fingerprint density at radius 2 is 1.94 bits per heavy atom. The Kier molecular flexibility index (Phi) is 3.19. The summed E-state index contributed by atoms with van der Waals surface area (Å²) >= 11 is 0. The van der Waals surface area contributed by atoms with Gasteiger partial charge in [0.1, 0.15) is 0 Å². The van der Waals surface area contributed by atoms with Crippen LogP contribution in [0.4, 0.5) is 0 Å². The fourth-order valence-corrected chi connectivity index (χ4v) is 2.80. The van der Waals surface area contributed by atoms with Crippen LogP contribution in [0.5, 0.6) is 0 Å². The number of benzene rings is 1. The molecule has 1 heteroatoms. The number of hydrogen-bond donors (Lipinski definition) is 0. The van der Waals surface area contributed by atoms with Gasteiger partial charge in [0.25, 0.3) is 0 Å². The van der Waals surface area contributed by atoms with Gasteiger partial charge in [-0.25, -0.2) is 0 Å². The molecule has 0 unspecified atom stereocenters. The van der Waals surface area contributed by atoms with Crippen molar-refractivity contribution in [1.82, 2.24) is 4.98 Å². The highest BCUT2D eigenvalue weighted by atomic mass is 14.6. The minimum Gasteiger partial charge on any atom is -0.264 e. The molecule has 1 aromatic heterocycles. The second-order valence-electron chi connectivity index (χ2n) is 5.47. The molecule has 0 fully saturated rings. The minimum absolute atomic E-state index is 0.253. The Hall–Kier alpha value is -1.37. The van der Waals surface area contributed by atoms with Crippen molar-refractivity contribution in [3.05, 3.63) is 41.7 Å². The lowest BCUT2D eigenvalue weighted by atomic mass is 9.77. The molecule has 0 saturated heterocycles. The van der Waals surface area contributed by atoms with Gasteiger partial charge in [-0.3, -0.25) is 4.98 Å². The largest absolute Gasteiger partial charge is 0.264 e. The predicted molar refractivity (Wildman–Crippen MR) is 74.4 cm³/mol. The van der Waals surface area contributed by atoms with E-state index in [4.69, 9.17) is 0 Å². The van der Waals surface area contributed by atoms with E-state index in [9.17, 15) is 0 Å². The molecule has 2 rings (SSSR count). The second-order valence-corrected chi connectivity index (χ2v) is 5.47. The number of rotatable bonds is 3. The summed E-state index contributed by atoms with van der Waals surface area (Å²) in [6.45, 7) is 9.14. The molecule has 0 atom stereocenters. The van der Waals surface area contributed by atoms with E-state index in [2.05, 4.69) is 50.9 Å². The van der Waals surface area contributed by atoms with Crippen LogP contribution in [-0.2, 0) is 5.41 Å². The first kappa shape index (κ1) is 12.1. The average Bonchev–Trinajstić information content (AvgIpc) is 2.29. The lowest BCUT2D eigenvalue weighted by Crippen LogP contribution is -2.18. The van der Waals surface area contributed by atoms with Crippen molar-refractivity contribution in [3.8, 4) is 0 Å². The van der Waals surface area contributed by atoms with Crippen LogP contribution in [0.25, 0.3) is 10.8 Å². The van der Waals surface area contributed by atoms with E-state index in [0.717, 1.165) is 0 Å². The van der Waals surface area contributed by atoms with Crippen molar-refractivity contribution >= 4 is 10.8 Å². The van der Waals surface area contributed by atoms with Gasteiger partial charge in [0.2, 0.25) is 0 Å². The third-order valence-corrected chi connectivity index (χ3v) is 3.70. The first-order valence-corrected chi connectivity index (χ1v) is 6.40. The first-order valence-electron chi connectivity index (χ1n) is 6.40. The summed E-state index contributed by atoms with van der Waals surface area (Å²) in [4.78, 5) is 4.24. The zero-order valence-electron chi connectivity index (χ0n) is 11.2. The van der Waals surface area contributed by atoms with Gasteiger partial charge in [-0.1, -0.05) is 39.3 Å². The van der Waals surface area contributed by atoms with Crippen LogP contribution in [0, 0.1) is 6.92 Å². The van der Waals surface area contributed by atoms with Gasteiger partial charge in [-0.05, 0) is 41.3 Å². The Balaban J connectivity index is 2.60. The van der Waals surface area contributed by atoms with E-state index >= 15 is 0 Å². The van der Waals surface area contributed by atoms with Gasteiger partial charge in [0.15, 0.2) is 0 Å². The summed E-state index contributed by atoms with van der Waals surface area (Å²) in [7, 11) is 0. The van der Waals surface area contributed by atoms with Gasteiger partial charge >= 0.3 is 0 Å². The highest BCUT2D eigenvalue weighted by Crippen LogP contribution is 2.33. The number of pyridine rings is 1. The van der Waals surface area contributed by atoms with E-state index in [1.807, 2.05) is 12.4 Å². The van der Waals surface area contributed by atoms with E-state index in [0.29, 0.717) is 0 Å². The normalized spacial score (nSPS) is 12.0. The first-order chi connectivity index (χ1) is 8.06. The number of hydrogen-bond acceptors (Lipinski definition) is 1. The average molecular weight is 227 g/mol. The van der Waals surface area contributed by atoms with E-state index in [1.54, 1.807) is 0 Å². The molecular weight excluding hydrogens is 206 g/mol. The van der Waals surface area contributed by atoms with Crippen molar-refractivity contribution in [3.63, 3.8) is 0 Å². The zero-order chi connectivity index (χ0) is 12.5. The molecule has 1 heterocycles.